The molecular formula is C20H19IrN2O5-. The number of methoxy groups -OCH3 is 1. The zero-order valence-electron chi connectivity index (χ0n) is 15.0. The van der Waals surface area contributed by atoms with Crippen LogP contribution in [0.25, 0.3) is 11.3 Å². The van der Waals surface area contributed by atoms with Crippen LogP contribution in [-0.4, -0.2) is 38.4 Å². The molecule has 3 aromatic rings. The molecule has 8 heteroatoms. The number of carboxylic acids is 1. The summed E-state index contributed by atoms with van der Waals surface area (Å²) < 4.78 is 5.09. The Morgan fingerprint density at radius 2 is 1.89 bits per heavy atom. The van der Waals surface area contributed by atoms with Gasteiger partial charge in [0, 0.05) is 44.9 Å². The van der Waals surface area contributed by atoms with E-state index in [1.165, 1.54) is 12.3 Å². The molecule has 0 saturated carbocycles. The molecular weight excluding hydrogens is 540 g/mol. The van der Waals surface area contributed by atoms with Crippen LogP contribution in [0.4, 0.5) is 0 Å². The van der Waals surface area contributed by atoms with Crippen LogP contribution in [0.2, 0.25) is 0 Å². The van der Waals surface area contributed by atoms with E-state index in [1.807, 2.05) is 0 Å². The Balaban J connectivity index is 0.000000332. The molecule has 0 saturated heterocycles. The second-order valence-corrected chi connectivity index (χ2v) is 5.33. The first-order valence-electron chi connectivity index (χ1n) is 7.99. The number of nitrogens with zero attached hydrogens (tertiary/aromatic N) is 2. The topological polar surface area (TPSA) is 113 Å². The third-order valence-electron chi connectivity index (χ3n) is 3.55. The molecule has 3 N–H and O–H groups in total. The van der Waals surface area contributed by atoms with Crippen molar-refractivity contribution < 1.29 is 45.0 Å². The molecule has 28 heavy (non-hydrogen) atoms. The Morgan fingerprint density at radius 3 is 2.43 bits per heavy atom. The molecule has 0 unspecified atom stereocenters. The van der Waals surface area contributed by atoms with Gasteiger partial charge >= 0.3 is 5.97 Å². The number of aromatic carboxylic acids is 1. The largest absolute Gasteiger partial charge is 0.540 e. The predicted octanol–water partition coefficient (Wildman–Crippen LogP) is 2.32. The number of rotatable bonds is 5. The zero-order valence-corrected chi connectivity index (χ0v) is 17.4. The van der Waals surface area contributed by atoms with E-state index in [0.29, 0.717) is 22.6 Å². The van der Waals surface area contributed by atoms with Gasteiger partial charge in [-0.25, -0.2) is 9.78 Å². The summed E-state index contributed by atoms with van der Waals surface area (Å²) >= 11 is 0. The van der Waals surface area contributed by atoms with Gasteiger partial charge in [0.15, 0.2) is 0 Å². The number of carbonyl (C=O) groups is 1. The zero-order chi connectivity index (χ0) is 19.6. The van der Waals surface area contributed by atoms with E-state index in [-0.39, 0.29) is 39.0 Å². The van der Waals surface area contributed by atoms with E-state index in [2.05, 4.69) is 16.0 Å². The fraction of sp³-hybridized carbons (Fsp3) is 0.150. The summed E-state index contributed by atoms with van der Waals surface area (Å²) in [6.07, 6.45) is 3.07. The van der Waals surface area contributed by atoms with Gasteiger partial charge in [0.05, 0.1) is 13.7 Å². The van der Waals surface area contributed by atoms with Crippen molar-refractivity contribution >= 4 is 5.97 Å². The Kier molecular flexibility index (Phi) is 9.98. The van der Waals surface area contributed by atoms with Crippen LogP contribution in [0.15, 0.2) is 54.9 Å². The average molecular weight is 560 g/mol. The summed E-state index contributed by atoms with van der Waals surface area (Å²) in [6.45, 7) is -0.159. The van der Waals surface area contributed by atoms with Crippen molar-refractivity contribution in [3.8, 4) is 17.0 Å². The van der Waals surface area contributed by atoms with Crippen molar-refractivity contribution in [2.45, 2.75) is 13.2 Å². The molecule has 0 amide bonds. The quantitative estimate of drug-likeness (QED) is 0.412. The fourth-order valence-corrected chi connectivity index (χ4v) is 2.20. The number of carboxylic acid groups (broad SMARTS) is 1. The molecule has 0 bridgehead atoms. The van der Waals surface area contributed by atoms with Gasteiger partial charge in [-0.2, -0.15) is 0 Å². The Labute approximate surface area is 176 Å². The number of pyridine rings is 2. The third-order valence-corrected chi connectivity index (χ3v) is 3.55. The van der Waals surface area contributed by atoms with Gasteiger partial charge in [0.2, 0.25) is 0 Å². The number of aliphatic hydroxyl groups excluding tert-OH is 2. The number of hydrogen-bond acceptors (Lipinski definition) is 6. The molecule has 0 aliphatic carbocycles. The maximum atomic E-state index is 10.1. The van der Waals surface area contributed by atoms with Gasteiger partial charge in [-0.3, -0.25) is 0 Å². The van der Waals surface area contributed by atoms with Crippen molar-refractivity contribution in [2.24, 2.45) is 0 Å². The van der Waals surface area contributed by atoms with Crippen LogP contribution in [-0.2, 0) is 33.3 Å². The van der Waals surface area contributed by atoms with E-state index in [1.54, 1.807) is 49.7 Å². The predicted molar refractivity (Wildman–Crippen MR) is 98.1 cm³/mol. The number of aliphatic hydroxyl groups is 2. The van der Waals surface area contributed by atoms with Gasteiger partial charge in [0.25, 0.3) is 0 Å². The van der Waals surface area contributed by atoms with Gasteiger partial charge in [-0.15, -0.1) is 17.7 Å². The molecule has 0 fully saturated rings. The van der Waals surface area contributed by atoms with Gasteiger partial charge in [-0.05, 0) is 29.5 Å². The molecule has 1 radical (unpaired) electrons. The van der Waals surface area contributed by atoms with Gasteiger partial charge < -0.3 is 25.0 Å². The molecule has 0 atom stereocenters. The molecule has 7 nitrogen and oxygen atoms in total. The van der Waals surface area contributed by atoms with Crippen LogP contribution in [0.3, 0.4) is 0 Å². The molecule has 3 rings (SSSR count). The second kappa shape index (κ2) is 11.9. The van der Waals surface area contributed by atoms with Crippen molar-refractivity contribution in [2.75, 3.05) is 7.11 Å². The van der Waals surface area contributed by atoms with E-state index in [0.717, 1.165) is 5.56 Å². The maximum absolute atomic E-state index is 10.1. The molecule has 0 spiro atoms. The fourth-order valence-electron chi connectivity index (χ4n) is 2.20. The second-order valence-electron chi connectivity index (χ2n) is 5.33. The van der Waals surface area contributed by atoms with Gasteiger partial charge in [0.1, 0.15) is 5.69 Å². The summed E-state index contributed by atoms with van der Waals surface area (Å²) in [6, 6.07) is 14.8. The number of hydrogen-bond donors (Lipinski definition) is 3. The molecule has 2 heterocycles. The summed E-state index contributed by atoms with van der Waals surface area (Å²) in [4.78, 5) is 17.9. The SMILES string of the molecule is COc1c[c-]c(-c2cc(CO)ccn2)c(CO)c1.O=C(O)c1ccccn1.[Ir]. The van der Waals surface area contributed by atoms with E-state index in [9.17, 15) is 9.90 Å². The minimum absolute atomic E-state index is 0. The van der Waals surface area contributed by atoms with Crippen LogP contribution in [0, 0.1) is 6.07 Å². The Morgan fingerprint density at radius 1 is 1.11 bits per heavy atom. The van der Waals surface area contributed by atoms with E-state index < -0.39 is 5.97 Å². The summed E-state index contributed by atoms with van der Waals surface area (Å²) in [5, 5.41) is 26.8. The average Bonchev–Trinajstić information content (AvgIpc) is 2.74. The van der Waals surface area contributed by atoms with Crippen molar-refractivity contribution in [1.29, 1.82) is 0 Å². The van der Waals surface area contributed by atoms with E-state index >= 15 is 0 Å². The maximum Gasteiger partial charge on any atom is 0.354 e. The monoisotopic (exact) mass is 560 g/mol. The van der Waals surface area contributed by atoms with Crippen LogP contribution >= 0.6 is 0 Å². The standard InChI is InChI=1S/C14H14NO3.C6H5NO2.Ir/c1-18-12-2-3-13(11(7-12)9-17)14-6-10(8-16)4-5-15-14;8-6(9)5-3-1-2-4-7-5;/h2,4-7,16-17H,8-9H2,1H3;1-4H,(H,8,9);/q-1;;. The smallest absolute Gasteiger partial charge is 0.354 e. The number of aromatic nitrogens is 2. The molecule has 149 valence electrons. The van der Waals surface area contributed by atoms with Crippen molar-refractivity contribution in [3.63, 3.8) is 0 Å². The van der Waals surface area contributed by atoms with Crippen molar-refractivity contribution in [3.05, 3.63) is 77.7 Å². The third kappa shape index (κ3) is 6.51. The number of ether oxygens (including phenoxy) is 1. The van der Waals surface area contributed by atoms with Crippen LogP contribution in [0.5, 0.6) is 5.75 Å². The molecule has 1 aromatic carbocycles. The summed E-state index contributed by atoms with van der Waals surface area (Å²) in [7, 11) is 1.56. The first kappa shape index (κ1) is 23.4. The summed E-state index contributed by atoms with van der Waals surface area (Å²) in [5.74, 6) is -0.350. The minimum Gasteiger partial charge on any atom is -0.540 e. The van der Waals surface area contributed by atoms with E-state index in [4.69, 9.17) is 14.9 Å². The number of benzene rings is 1. The summed E-state index contributed by atoms with van der Waals surface area (Å²) in [5.41, 5.74) is 2.93. The minimum atomic E-state index is -0.990. The first-order chi connectivity index (χ1) is 13.1. The van der Waals surface area contributed by atoms with Crippen LogP contribution < -0.4 is 4.74 Å². The molecule has 2 aromatic heterocycles. The Bertz CT molecular complexity index is 891. The molecule has 0 aliphatic heterocycles. The van der Waals surface area contributed by atoms with Gasteiger partial charge in [-0.1, -0.05) is 23.8 Å². The normalized spacial score (nSPS) is 9.54. The molecule has 0 aliphatic rings. The first-order valence-corrected chi connectivity index (χ1v) is 7.99. The van der Waals surface area contributed by atoms with Crippen LogP contribution in [0.1, 0.15) is 21.6 Å². The Hall–Kier alpha value is -2.64. The van der Waals surface area contributed by atoms with Crippen molar-refractivity contribution in [1.82, 2.24) is 9.97 Å².